The minimum absolute atomic E-state index is 1.00. The summed E-state index contributed by atoms with van der Waals surface area (Å²) in [4.78, 5) is 11.7. The minimum atomic E-state index is 1.00. The van der Waals surface area contributed by atoms with Gasteiger partial charge in [-0.25, -0.2) is 4.98 Å². The molecule has 0 aliphatic carbocycles. The predicted molar refractivity (Wildman–Crippen MR) is 91.0 cm³/mol. The lowest BCUT2D eigenvalue weighted by Gasteiger charge is -2.27. The van der Waals surface area contributed by atoms with E-state index >= 15 is 0 Å². The molecule has 1 fully saturated rings. The van der Waals surface area contributed by atoms with Crippen molar-refractivity contribution in [1.82, 2.24) is 9.97 Å². The van der Waals surface area contributed by atoms with Gasteiger partial charge in [-0.15, -0.1) is 0 Å². The lowest BCUT2D eigenvalue weighted by atomic mass is 10.1. The van der Waals surface area contributed by atoms with Crippen LogP contribution in [0.3, 0.4) is 0 Å². The average molecular weight is 289 g/mol. The van der Waals surface area contributed by atoms with Crippen LogP contribution in [-0.2, 0) is 0 Å². The van der Waals surface area contributed by atoms with E-state index in [0.717, 1.165) is 35.7 Å². The van der Waals surface area contributed by atoms with Gasteiger partial charge in [0.1, 0.15) is 5.82 Å². The van der Waals surface area contributed by atoms with Crippen molar-refractivity contribution >= 4 is 16.7 Å². The van der Waals surface area contributed by atoms with Crippen LogP contribution in [0.1, 0.15) is 19.3 Å². The van der Waals surface area contributed by atoms with Crippen LogP contribution in [0.2, 0.25) is 0 Å². The first-order valence-electron chi connectivity index (χ1n) is 7.97. The fourth-order valence-electron chi connectivity index (χ4n) is 3.11. The van der Waals surface area contributed by atoms with Gasteiger partial charge in [-0.1, -0.05) is 12.1 Å². The molecule has 110 valence electrons. The van der Waals surface area contributed by atoms with Crippen molar-refractivity contribution in [3.8, 4) is 11.3 Å². The van der Waals surface area contributed by atoms with Crippen LogP contribution in [0.25, 0.3) is 22.2 Å². The molecule has 0 saturated carbocycles. The molecule has 0 atom stereocenters. The van der Waals surface area contributed by atoms with Crippen molar-refractivity contribution in [1.29, 1.82) is 0 Å². The van der Waals surface area contributed by atoms with E-state index in [2.05, 4.69) is 40.2 Å². The third kappa shape index (κ3) is 2.54. The van der Waals surface area contributed by atoms with Crippen molar-refractivity contribution in [2.24, 2.45) is 0 Å². The molecule has 4 rings (SSSR count). The Kier molecular flexibility index (Phi) is 3.47. The maximum atomic E-state index is 4.84. The highest BCUT2D eigenvalue weighted by Gasteiger charge is 2.12. The molecular weight excluding hydrogens is 270 g/mol. The zero-order chi connectivity index (χ0) is 14.8. The third-order valence-electron chi connectivity index (χ3n) is 4.32. The summed E-state index contributed by atoms with van der Waals surface area (Å²) in [6.45, 7) is 2.26. The van der Waals surface area contributed by atoms with Gasteiger partial charge in [-0.3, -0.25) is 4.98 Å². The summed E-state index contributed by atoms with van der Waals surface area (Å²) < 4.78 is 0. The highest BCUT2D eigenvalue weighted by molar-refractivity contribution is 5.85. The van der Waals surface area contributed by atoms with Crippen LogP contribution in [0.5, 0.6) is 0 Å². The number of pyridine rings is 2. The van der Waals surface area contributed by atoms with Crippen LogP contribution in [0.4, 0.5) is 5.82 Å². The summed E-state index contributed by atoms with van der Waals surface area (Å²) in [5.41, 5.74) is 3.20. The lowest BCUT2D eigenvalue weighted by molar-refractivity contribution is 0.574. The Morgan fingerprint density at radius 3 is 2.59 bits per heavy atom. The average Bonchev–Trinajstić information content (AvgIpc) is 2.62. The number of rotatable bonds is 2. The first-order valence-corrected chi connectivity index (χ1v) is 7.97. The molecule has 1 aliphatic rings. The SMILES string of the molecule is c1ccc(-c2ccc3nc(N4CCCCC4)ccc3c2)nc1. The molecular formula is C19H19N3. The molecule has 3 heterocycles. The normalized spacial score (nSPS) is 15.2. The Hall–Kier alpha value is -2.42. The van der Waals surface area contributed by atoms with E-state index in [1.54, 1.807) is 0 Å². The van der Waals surface area contributed by atoms with Gasteiger partial charge in [-0.05, 0) is 55.7 Å². The Balaban J connectivity index is 1.70. The molecule has 0 bridgehead atoms. The van der Waals surface area contributed by atoms with Crippen LogP contribution < -0.4 is 4.90 Å². The Morgan fingerprint density at radius 2 is 1.77 bits per heavy atom. The van der Waals surface area contributed by atoms with E-state index in [1.165, 1.54) is 24.6 Å². The molecule has 2 aromatic heterocycles. The van der Waals surface area contributed by atoms with Gasteiger partial charge in [0, 0.05) is 30.2 Å². The molecule has 1 saturated heterocycles. The number of fused-ring (bicyclic) bond motifs is 1. The zero-order valence-electron chi connectivity index (χ0n) is 12.6. The van der Waals surface area contributed by atoms with Crippen molar-refractivity contribution in [2.75, 3.05) is 18.0 Å². The molecule has 1 aromatic carbocycles. The van der Waals surface area contributed by atoms with E-state index in [4.69, 9.17) is 4.98 Å². The number of aromatic nitrogens is 2. The van der Waals surface area contributed by atoms with Crippen molar-refractivity contribution < 1.29 is 0 Å². The molecule has 22 heavy (non-hydrogen) atoms. The largest absolute Gasteiger partial charge is 0.357 e. The molecule has 0 amide bonds. The quantitative estimate of drug-likeness (QED) is 0.705. The smallest absolute Gasteiger partial charge is 0.129 e. The molecule has 0 spiro atoms. The highest BCUT2D eigenvalue weighted by atomic mass is 15.2. The molecule has 1 aliphatic heterocycles. The summed E-state index contributed by atoms with van der Waals surface area (Å²) in [7, 11) is 0. The van der Waals surface area contributed by atoms with Crippen molar-refractivity contribution in [3.05, 3.63) is 54.7 Å². The van der Waals surface area contributed by atoms with Crippen LogP contribution in [0.15, 0.2) is 54.7 Å². The van der Waals surface area contributed by atoms with Gasteiger partial charge in [-0.2, -0.15) is 0 Å². The van der Waals surface area contributed by atoms with Crippen LogP contribution in [0, 0.1) is 0 Å². The zero-order valence-corrected chi connectivity index (χ0v) is 12.6. The second kappa shape index (κ2) is 5.76. The number of nitrogens with zero attached hydrogens (tertiary/aromatic N) is 3. The Morgan fingerprint density at radius 1 is 0.864 bits per heavy atom. The first-order chi connectivity index (χ1) is 10.9. The van der Waals surface area contributed by atoms with Crippen LogP contribution in [-0.4, -0.2) is 23.1 Å². The summed E-state index contributed by atoms with van der Waals surface area (Å²) in [5.74, 6) is 1.11. The van der Waals surface area contributed by atoms with E-state index in [0.29, 0.717) is 0 Å². The van der Waals surface area contributed by atoms with E-state index in [1.807, 2.05) is 24.4 Å². The number of anilines is 1. The summed E-state index contributed by atoms with van der Waals surface area (Å²) in [5, 5.41) is 1.17. The summed E-state index contributed by atoms with van der Waals surface area (Å²) >= 11 is 0. The Bertz CT molecular complexity index is 777. The molecule has 3 heteroatoms. The number of benzene rings is 1. The highest BCUT2D eigenvalue weighted by Crippen LogP contribution is 2.25. The van der Waals surface area contributed by atoms with E-state index < -0.39 is 0 Å². The topological polar surface area (TPSA) is 29.0 Å². The van der Waals surface area contributed by atoms with E-state index in [9.17, 15) is 0 Å². The fourth-order valence-corrected chi connectivity index (χ4v) is 3.11. The van der Waals surface area contributed by atoms with Gasteiger partial charge in [0.15, 0.2) is 0 Å². The number of hydrogen-bond acceptors (Lipinski definition) is 3. The second-order valence-corrected chi connectivity index (χ2v) is 5.84. The number of hydrogen-bond donors (Lipinski definition) is 0. The fraction of sp³-hybridized carbons (Fsp3) is 0.263. The van der Waals surface area contributed by atoms with Gasteiger partial charge >= 0.3 is 0 Å². The molecule has 0 radical (unpaired) electrons. The monoisotopic (exact) mass is 289 g/mol. The third-order valence-corrected chi connectivity index (χ3v) is 4.32. The molecule has 0 unspecified atom stereocenters. The van der Waals surface area contributed by atoms with Crippen LogP contribution >= 0.6 is 0 Å². The maximum Gasteiger partial charge on any atom is 0.129 e. The summed E-state index contributed by atoms with van der Waals surface area (Å²) in [6.07, 6.45) is 5.73. The molecule has 0 N–H and O–H groups in total. The van der Waals surface area contributed by atoms with Gasteiger partial charge in [0.25, 0.3) is 0 Å². The maximum absolute atomic E-state index is 4.84. The molecule has 3 nitrogen and oxygen atoms in total. The molecule has 3 aromatic rings. The van der Waals surface area contributed by atoms with Crippen molar-refractivity contribution in [3.63, 3.8) is 0 Å². The second-order valence-electron chi connectivity index (χ2n) is 5.84. The first kappa shape index (κ1) is 13.3. The van der Waals surface area contributed by atoms with Gasteiger partial charge in [0.05, 0.1) is 11.2 Å². The Labute approximate surface area is 130 Å². The standard InChI is InChI=1S/C19H19N3/c1-4-12-22(13-5-1)19-10-8-16-14-15(7-9-18(16)21-19)17-6-2-3-11-20-17/h2-3,6-11,14H,1,4-5,12-13H2. The van der Waals surface area contributed by atoms with Crippen molar-refractivity contribution in [2.45, 2.75) is 19.3 Å². The predicted octanol–water partition coefficient (Wildman–Crippen LogP) is 4.29. The van der Waals surface area contributed by atoms with Gasteiger partial charge in [0.2, 0.25) is 0 Å². The van der Waals surface area contributed by atoms with Gasteiger partial charge < -0.3 is 4.90 Å². The lowest BCUT2D eigenvalue weighted by Crippen LogP contribution is -2.30. The minimum Gasteiger partial charge on any atom is -0.357 e. The summed E-state index contributed by atoms with van der Waals surface area (Å²) in [6, 6.07) is 16.7. The van der Waals surface area contributed by atoms with E-state index in [-0.39, 0.29) is 0 Å². The number of piperidine rings is 1.